The predicted octanol–water partition coefficient (Wildman–Crippen LogP) is 2.33. The largest absolute Gasteiger partial charge is 0.458 e. The van der Waals surface area contributed by atoms with Crippen molar-refractivity contribution in [3.63, 3.8) is 0 Å². The number of hydrogen-bond acceptors (Lipinski definition) is 6. The van der Waals surface area contributed by atoms with E-state index in [2.05, 4.69) is 10.3 Å². The third-order valence-electron chi connectivity index (χ3n) is 3.85. The van der Waals surface area contributed by atoms with Crippen LogP contribution in [0.25, 0.3) is 0 Å². The van der Waals surface area contributed by atoms with Crippen LogP contribution in [-0.2, 0) is 25.5 Å². The summed E-state index contributed by atoms with van der Waals surface area (Å²) < 4.78 is 5.55. The topological polar surface area (TPSA) is 85.4 Å². The normalized spacial score (nSPS) is 21.8. The molecule has 1 saturated heterocycles. The number of nitrogens with one attached hydrogen (secondary N) is 1. The molecule has 1 aliphatic rings. The molecule has 7 heteroatoms. The summed E-state index contributed by atoms with van der Waals surface area (Å²) in [6.45, 7) is 5.34. The summed E-state index contributed by atoms with van der Waals surface area (Å²) in [5.74, 6) is -0.621. The summed E-state index contributed by atoms with van der Waals surface area (Å²) in [6, 6.07) is 0. The van der Waals surface area contributed by atoms with Gasteiger partial charge in [0, 0.05) is 18.7 Å². The van der Waals surface area contributed by atoms with Crippen LogP contribution in [0, 0.1) is 5.92 Å². The minimum atomic E-state index is -0.746. The summed E-state index contributed by atoms with van der Waals surface area (Å²) in [7, 11) is 0. The molecule has 0 spiro atoms. The van der Waals surface area contributed by atoms with Crippen LogP contribution < -0.4 is 5.32 Å². The van der Waals surface area contributed by atoms with Crippen molar-refractivity contribution in [1.29, 1.82) is 0 Å². The zero-order valence-corrected chi connectivity index (χ0v) is 13.8. The molecule has 0 bridgehead atoms. The first-order valence-electron chi connectivity index (χ1n) is 7.26. The molecule has 1 aromatic heterocycles. The maximum Gasteiger partial charge on any atom is 0.313 e. The fraction of sp³-hybridized carbons (Fsp3) is 0.600. The second-order valence-electron chi connectivity index (χ2n) is 5.91. The first-order valence-corrected chi connectivity index (χ1v) is 8.14. The number of cyclic esters (lactones) is 1. The van der Waals surface area contributed by atoms with Crippen LogP contribution in [0.15, 0.2) is 5.38 Å². The van der Waals surface area contributed by atoms with Gasteiger partial charge in [-0.25, -0.2) is 4.98 Å². The van der Waals surface area contributed by atoms with Crippen molar-refractivity contribution in [2.24, 2.45) is 5.92 Å². The molecule has 1 aliphatic heterocycles. The van der Waals surface area contributed by atoms with Crippen molar-refractivity contribution in [3.05, 3.63) is 11.1 Å². The average molecular weight is 324 g/mol. The Labute approximate surface area is 133 Å². The highest BCUT2D eigenvalue weighted by molar-refractivity contribution is 7.13. The Hall–Kier alpha value is -1.76. The molecule has 0 saturated carbocycles. The Bertz CT molecular complexity index is 578. The maximum absolute atomic E-state index is 11.8. The standard InChI is InChI=1S/C15H20N2O4S/c1-9(2)15(7-12(19)6-13(20)21-15)5-4-11-8-22-14(17-11)16-10(3)18/h8-9H,4-7H2,1-3H3,(H,16,17,18). The molecular weight excluding hydrogens is 304 g/mol. The number of aromatic nitrogens is 1. The van der Waals surface area contributed by atoms with Crippen LogP contribution >= 0.6 is 11.3 Å². The van der Waals surface area contributed by atoms with Crippen molar-refractivity contribution < 1.29 is 19.1 Å². The fourth-order valence-corrected chi connectivity index (χ4v) is 3.37. The number of Topliss-reactive ketones (excluding diaryl/α,β-unsaturated/α-hetero) is 1. The van der Waals surface area contributed by atoms with E-state index in [9.17, 15) is 14.4 Å². The third-order valence-corrected chi connectivity index (χ3v) is 4.65. The van der Waals surface area contributed by atoms with E-state index in [1.807, 2.05) is 19.2 Å². The molecule has 2 heterocycles. The van der Waals surface area contributed by atoms with Gasteiger partial charge in [0.05, 0.1) is 5.69 Å². The van der Waals surface area contributed by atoms with E-state index in [1.54, 1.807) is 0 Å². The van der Waals surface area contributed by atoms with Gasteiger partial charge in [-0.05, 0) is 18.8 Å². The number of carbonyl (C=O) groups is 3. The lowest BCUT2D eigenvalue weighted by molar-refractivity contribution is -0.177. The van der Waals surface area contributed by atoms with Gasteiger partial charge in [-0.3, -0.25) is 14.4 Å². The van der Waals surface area contributed by atoms with Gasteiger partial charge < -0.3 is 10.1 Å². The second-order valence-corrected chi connectivity index (χ2v) is 6.77. The molecule has 1 N–H and O–H groups in total. The molecule has 0 aromatic carbocycles. The first-order chi connectivity index (χ1) is 10.3. The van der Waals surface area contributed by atoms with Gasteiger partial charge in [-0.15, -0.1) is 11.3 Å². The van der Waals surface area contributed by atoms with Gasteiger partial charge in [0.2, 0.25) is 5.91 Å². The van der Waals surface area contributed by atoms with Gasteiger partial charge in [0.25, 0.3) is 0 Å². The van der Waals surface area contributed by atoms with E-state index in [0.29, 0.717) is 18.0 Å². The lowest BCUT2D eigenvalue weighted by Crippen LogP contribution is -2.47. The van der Waals surface area contributed by atoms with Crippen LogP contribution in [0.4, 0.5) is 5.13 Å². The number of thiazole rings is 1. The SMILES string of the molecule is CC(=O)Nc1nc(CCC2(C(C)C)CC(=O)CC(=O)O2)cs1. The number of carbonyl (C=O) groups excluding carboxylic acids is 3. The fourth-order valence-electron chi connectivity index (χ4n) is 2.58. The minimum absolute atomic E-state index is 0.0501. The van der Waals surface area contributed by atoms with Crippen molar-refractivity contribution in [2.45, 2.75) is 52.1 Å². The molecule has 0 radical (unpaired) electrons. The van der Waals surface area contributed by atoms with Crippen LogP contribution in [0.5, 0.6) is 0 Å². The Morgan fingerprint density at radius 3 is 2.82 bits per heavy atom. The molecule has 2 rings (SSSR count). The molecule has 6 nitrogen and oxygen atoms in total. The van der Waals surface area contributed by atoms with Crippen LogP contribution in [-0.4, -0.2) is 28.2 Å². The Balaban J connectivity index is 2.06. The molecule has 1 fully saturated rings. The van der Waals surface area contributed by atoms with E-state index in [4.69, 9.17) is 4.74 Å². The minimum Gasteiger partial charge on any atom is -0.458 e. The summed E-state index contributed by atoms with van der Waals surface area (Å²) in [5, 5.41) is 5.06. The lowest BCUT2D eigenvalue weighted by atomic mass is 9.79. The monoisotopic (exact) mass is 324 g/mol. The molecule has 1 unspecified atom stereocenters. The highest BCUT2D eigenvalue weighted by Gasteiger charge is 2.43. The van der Waals surface area contributed by atoms with Gasteiger partial charge in [-0.1, -0.05) is 13.8 Å². The van der Waals surface area contributed by atoms with Crippen molar-refractivity contribution in [1.82, 2.24) is 4.98 Å². The molecule has 1 amide bonds. The van der Waals surface area contributed by atoms with E-state index in [1.165, 1.54) is 18.3 Å². The summed E-state index contributed by atoms with van der Waals surface area (Å²) in [5.41, 5.74) is 0.0762. The number of amides is 1. The highest BCUT2D eigenvalue weighted by Crippen LogP contribution is 2.35. The van der Waals surface area contributed by atoms with Crippen molar-refractivity contribution >= 4 is 34.1 Å². The molecule has 22 heavy (non-hydrogen) atoms. The van der Waals surface area contributed by atoms with Crippen molar-refractivity contribution in [3.8, 4) is 0 Å². The van der Waals surface area contributed by atoms with Gasteiger partial charge in [0.15, 0.2) is 5.13 Å². The number of rotatable bonds is 5. The second kappa shape index (κ2) is 6.56. The molecule has 120 valence electrons. The molecule has 1 atom stereocenters. The molecule has 1 aromatic rings. The number of hydrogen-bond donors (Lipinski definition) is 1. The Morgan fingerprint density at radius 1 is 1.50 bits per heavy atom. The number of anilines is 1. The number of ketones is 1. The van der Waals surface area contributed by atoms with Gasteiger partial charge in [0.1, 0.15) is 17.8 Å². The summed E-state index contributed by atoms with van der Waals surface area (Å²) in [6.07, 6.45) is 1.27. The van der Waals surface area contributed by atoms with Crippen LogP contribution in [0.2, 0.25) is 0 Å². The van der Waals surface area contributed by atoms with Gasteiger partial charge in [-0.2, -0.15) is 0 Å². The lowest BCUT2D eigenvalue weighted by Gasteiger charge is -2.39. The van der Waals surface area contributed by atoms with E-state index >= 15 is 0 Å². The van der Waals surface area contributed by atoms with E-state index < -0.39 is 11.6 Å². The quantitative estimate of drug-likeness (QED) is 0.663. The Morgan fingerprint density at radius 2 is 2.23 bits per heavy atom. The zero-order valence-electron chi connectivity index (χ0n) is 13.0. The third kappa shape index (κ3) is 3.91. The number of nitrogens with zero attached hydrogens (tertiary/aromatic N) is 1. The summed E-state index contributed by atoms with van der Waals surface area (Å²) >= 11 is 1.36. The van der Waals surface area contributed by atoms with Gasteiger partial charge >= 0.3 is 5.97 Å². The van der Waals surface area contributed by atoms with Crippen LogP contribution in [0.1, 0.15) is 45.7 Å². The highest BCUT2D eigenvalue weighted by atomic mass is 32.1. The Kier molecular flexibility index (Phi) is 4.95. The predicted molar refractivity (Wildman–Crippen MR) is 82.6 cm³/mol. The first kappa shape index (κ1) is 16.6. The van der Waals surface area contributed by atoms with Crippen molar-refractivity contribution in [2.75, 3.05) is 5.32 Å². The van der Waals surface area contributed by atoms with E-state index in [0.717, 1.165) is 5.69 Å². The number of esters is 1. The van der Waals surface area contributed by atoms with Crippen LogP contribution in [0.3, 0.4) is 0 Å². The summed E-state index contributed by atoms with van der Waals surface area (Å²) in [4.78, 5) is 38.7. The number of aryl methyl sites for hydroxylation is 1. The molecule has 0 aliphatic carbocycles. The average Bonchev–Trinajstić information content (AvgIpc) is 2.82. The van der Waals surface area contributed by atoms with E-state index in [-0.39, 0.29) is 30.4 Å². The molecular formula is C15H20N2O4S. The number of ether oxygens (including phenoxy) is 1. The zero-order chi connectivity index (χ0) is 16.3. The smallest absolute Gasteiger partial charge is 0.313 e. The maximum atomic E-state index is 11.8.